The molecule has 0 aliphatic rings. The molecule has 2 N–H and O–H groups in total. The number of hydrogen-bond donors (Lipinski definition) is 2. The van der Waals surface area contributed by atoms with Crippen LogP contribution in [-0.4, -0.2) is 46.7 Å². The summed E-state index contributed by atoms with van der Waals surface area (Å²) in [7, 11) is 5.76. The Labute approximate surface area is 203 Å². The maximum Gasteiger partial charge on any atom is 0.251 e. The molecule has 1 amide bonds. The van der Waals surface area contributed by atoms with Gasteiger partial charge in [-0.05, 0) is 37.0 Å². The number of aromatic nitrogens is 2. The van der Waals surface area contributed by atoms with E-state index in [1.54, 1.807) is 7.05 Å². The smallest absolute Gasteiger partial charge is 0.251 e. The van der Waals surface area contributed by atoms with Crippen molar-refractivity contribution in [1.29, 1.82) is 0 Å². The van der Waals surface area contributed by atoms with Crippen LogP contribution in [0.4, 0.5) is 0 Å². The molecule has 1 atom stereocenters. The minimum absolute atomic E-state index is 0. The van der Waals surface area contributed by atoms with Crippen molar-refractivity contribution < 1.29 is 4.79 Å². The van der Waals surface area contributed by atoms with Crippen LogP contribution in [0.1, 0.15) is 67.2 Å². The lowest BCUT2D eigenvalue weighted by molar-refractivity contribution is 0.0939. The highest BCUT2D eigenvalue weighted by Gasteiger charge is 2.15. The van der Waals surface area contributed by atoms with Crippen LogP contribution in [0.2, 0.25) is 0 Å². The van der Waals surface area contributed by atoms with E-state index in [-0.39, 0.29) is 35.9 Å². The molecule has 0 radical (unpaired) electrons. The zero-order chi connectivity index (χ0) is 22.3. The van der Waals surface area contributed by atoms with Gasteiger partial charge in [0.2, 0.25) is 0 Å². The topological polar surface area (TPSA) is 74.6 Å². The van der Waals surface area contributed by atoms with Crippen molar-refractivity contribution in [3.8, 4) is 0 Å². The lowest BCUT2D eigenvalue weighted by Gasteiger charge is -2.22. The molecule has 7 nitrogen and oxygen atoms in total. The van der Waals surface area contributed by atoms with Gasteiger partial charge in [0.25, 0.3) is 5.91 Å². The maximum atomic E-state index is 12.2. The first-order valence-corrected chi connectivity index (χ1v) is 10.6. The third kappa shape index (κ3) is 7.83. The molecular weight excluding hydrogens is 503 g/mol. The quantitative estimate of drug-likeness (QED) is 0.303. The molecule has 0 aliphatic carbocycles. The predicted octanol–water partition coefficient (Wildman–Crippen LogP) is 3.90. The number of hydrogen-bond acceptors (Lipinski definition) is 3. The summed E-state index contributed by atoms with van der Waals surface area (Å²) in [5.74, 6) is 1.16. The van der Waals surface area contributed by atoms with Gasteiger partial charge in [0.05, 0.1) is 5.69 Å². The van der Waals surface area contributed by atoms with E-state index in [9.17, 15) is 4.79 Å². The van der Waals surface area contributed by atoms with E-state index >= 15 is 0 Å². The summed E-state index contributed by atoms with van der Waals surface area (Å²) in [6.45, 7) is 9.75. The monoisotopic (exact) mass is 540 g/mol. The van der Waals surface area contributed by atoms with Crippen molar-refractivity contribution in [3.05, 3.63) is 52.8 Å². The molecule has 0 aliphatic heterocycles. The first kappa shape index (κ1) is 26.9. The third-order valence-corrected chi connectivity index (χ3v) is 5.12. The van der Waals surface area contributed by atoms with Gasteiger partial charge in [0.15, 0.2) is 5.96 Å². The third-order valence-electron chi connectivity index (χ3n) is 5.12. The fraction of sp³-hybridized carbons (Fsp3) is 0.522. The number of nitrogens with zero attached hydrogens (tertiary/aromatic N) is 4. The molecule has 1 aromatic heterocycles. The van der Waals surface area contributed by atoms with Gasteiger partial charge in [0, 0.05) is 57.6 Å². The van der Waals surface area contributed by atoms with Crippen molar-refractivity contribution in [1.82, 2.24) is 25.3 Å². The van der Waals surface area contributed by atoms with E-state index in [4.69, 9.17) is 0 Å². The van der Waals surface area contributed by atoms with E-state index in [0.29, 0.717) is 18.0 Å². The van der Waals surface area contributed by atoms with Crippen molar-refractivity contribution in [2.75, 3.05) is 14.1 Å². The number of aliphatic imine (C=N–C) groups is 1. The van der Waals surface area contributed by atoms with Gasteiger partial charge in [-0.2, -0.15) is 5.10 Å². The Kier molecular flexibility index (Phi) is 11.0. The number of nitrogens with one attached hydrogen (secondary N) is 2. The SMILES string of the molecule is CCC(C)NC(=O)c1ccc(CNC(=NC)N(C)Cc2cn(C)nc2C(C)C)cc1.I. The number of guanidine groups is 1. The standard InChI is InChI=1S/C23H36N6O.HI/c1-8-17(4)26-22(30)19-11-9-18(10-12-19)13-25-23(24-5)28(6)14-20-15-29(7)27-21(20)16(2)3;/h9-12,15-17H,8,13-14H2,1-7H3,(H,24,25)(H,26,30);1H. The molecule has 8 heteroatoms. The van der Waals surface area contributed by atoms with Gasteiger partial charge in [-0.3, -0.25) is 14.5 Å². The molecule has 2 rings (SSSR count). The number of rotatable bonds is 8. The van der Waals surface area contributed by atoms with Crippen LogP contribution >= 0.6 is 24.0 Å². The largest absolute Gasteiger partial charge is 0.352 e. The Balaban J connectivity index is 0.00000480. The number of amides is 1. The molecule has 1 aromatic carbocycles. The fourth-order valence-electron chi connectivity index (χ4n) is 3.24. The highest BCUT2D eigenvalue weighted by molar-refractivity contribution is 14.0. The molecule has 0 saturated heterocycles. The first-order chi connectivity index (χ1) is 14.2. The maximum absolute atomic E-state index is 12.2. The predicted molar refractivity (Wildman–Crippen MR) is 138 cm³/mol. The van der Waals surface area contributed by atoms with Gasteiger partial charge >= 0.3 is 0 Å². The Morgan fingerprint density at radius 1 is 1.23 bits per heavy atom. The minimum Gasteiger partial charge on any atom is -0.352 e. The molecular formula is C23H37IN6O. The van der Waals surface area contributed by atoms with Gasteiger partial charge in [-0.25, -0.2) is 0 Å². The van der Waals surface area contributed by atoms with Gasteiger partial charge < -0.3 is 15.5 Å². The van der Waals surface area contributed by atoms with Crippen molar-refractivity contribution in [2.24, 2.45) is 12.0 Å². The summed E-state index contributed by atoms with van der Waals surface area (Å²) in [5.41, 5.74) is 4.09. The Bertz CT molecular complexity index is 859. The van der Waals surface area contributed by atoms with E-state index in [2.05, 4.69) is 52.6 Å². The lowest BCUT2D eigenvalue weighted by Crippen LogP contribution is -2.38. The van der Waals surface area contributed by atoms with Gasteiger partial charge in [-0.15, -0.1) is 24.0 Å². The summed E-state index contributed by atoms with van der Waals surface area (Å²) < 4.78 is 1.87. The van der Waals surface area contributed by atoms with Crippen LogP contribution in [0.3, 0.4) is 0 Å². The molecule has 31 heavy (non-hydrogen) atoms. The highest BCUT2D eigenvalue weighted by atomic mass is 127. The summed E-state index contributed by atoms with van der Waals surface area (Å²) in [4.78, 5) is 18.7. The molecule has 172 valence electrons. The highest BCUT2D eigenvalue weighted by Crippen LogP contribution is 2.18. The Morgan fingerprint density at radius 3 is 2.42 bits per heavy atom. The number of carbonyl (C=O) groups is 1. The summed E-state index contributed by atoms with van der Waals surface area (Å²) >= 11 is 0. The van der Waals surface area contributed by atoms with Crippen molar-refractivity contribution >= 4 is 35.8 Å². The molecule has 2 aromatic rings. The fourth-order valence-corrected chi connectivity index (χ4v) is 3.24. The molecule has 0 bridgehead atoms. The van der Waals surface area contributed by atoms with E-state index in [1.807, 2.05) is 50.0 Å². The average molecular weight is 540 g/mol. The second kappa shape index (κ2) is 12.7. The number of aryl methyl sites for hydroxylation is 1. The van der Waals surface area contributed by atoms with Gasteiger partial charge in [-0.1, -0.05) is 32.9 Å². The van der Waals surface area contributed by atoms with Crippen molar-refractivity contribution in [2.45, 2.75) is 59.2 Å². The van der Waals surface area contributed by atoms with Crippen LogP contribution in [0.5, 0.6) is 0 Å². The average Bonchev–Trinajstić information content (AvgIpc) is 3.09. The summed E-state index contributed by atoms with van der Waals surface area (Å²) in [5, 5.41) is 11.0. The van der Waals surface area contributed by atoms with Gasteiger partial charge in [0.1, 0.15) is 0 Å². The minimum atomic E-state index is -0.0307. The second-order valence-corrected chi connectivity index (χ2v) is 8.10. The molecule has 0 fully saturated rings. The van der Waals surface area contributed by atoms with E-state index in [0.717, 1.165) is 30.2 Å². The summed E-state index contributed by atoms with van der Waals surface area (Å²) in [6.07, 6.45) is 2.99. The molecule has 1 heterocycles. The molecule has 0 spiro atoms. The number of carbonyl (C=O) groups excluding carboxylic acids is 1. The zero-order valence-electron chi connectivity index (χ0n) is 19.8. The van der Waals surface area contributed by atoms with E-state index < -0.39 is 0 Å². The lowest BCUT2D eigenvalue weighted by atomic mass is 10.1. The van der Waals surface area contributed by atoms with Crippen LogP contribution in [0.15, 0.2) is 35.5 Å². The summed E-state index contributed by atoms with van der Waals surface area (Å²) in [6, 6.07) is 7.86. The molecule has 1 unspecified atom stereocenters. The second-order valence-electron chi connectivity index (χ2n) is 8.10. The number of benzene rings is 1. The zero-order valence-corrected chi connectivity index (χ0v) is 22.1. The van der Waals surface area contributed by atoms with E-state index in [1.165, 1.54) is 5.56 Å². The molecule has 0 saturated carbocycles. The Hall–Kier alpha value is -2.10. The normalized spacial score (nSPS) is 12.3. The Morgan fingerprint density at radius 2 is 1.87 bits per heavy atom. The van der Waals surface area contributed by atoms with Crippen LogP contribution < -0.4 is 10.6 Å². The number of halogens is 1. The van der Waals surface area contributed by atoms with Crippen molar-refractivity contribution in [3.63, 3.8) is 0 Å². The van der Waals surface area contributed by atoms with Crippen LogP contribution in [0.25, 0.3) is 0 Å². The van der Waals surface area contributed by atoms with Crippen LogP contribution in [0, 0.1) is 0 Å². The first-order valence-electron chi connectivity index (χ1n) is 10.6. The van der Waals surface area contributed by atoms with Crippen LogP contribution in [-0.2, 0) is 20.1 Å².